The second-order valence-corrected chi connectivity index (χ2v) is 5.36. The molecule has 1 nitrogen and oxygen atoms in total. The summed E-state index contributed by atoms with van der Waals surface area (Å²) in [7, 11) is 0. The molecule has 1 aliphatic rings. The molecule has 0 saturated heterocycles. The number of carbonyl (C=O) groups is 1. The Morgan fingerprint density at radius 1 is 1.18 bits per heavy atom. The molecule has 0 spiro atoms. The Labute approximate surface area is 108 Å². The van der Waals surface area contributed by atoms with Gasteiger partial charge in [-0.1, -0.05) is 30.7 Å². The van der Waals surface area contributed by atoms with Crippen LogP contribution in [0, 0.1) is 5.92 Å². The minimum absolute atomic E-state index is 0.323. The average Bonchev–Trinajstić information content (AvgIpc) is 2.39. The molecule has 0 amide bonds. The van der Waals surface area contributed by atoms with E-state index in [-0.39, 0.29) is 0 Å². The highest BCUT2D eigenvalue weighted by atomic mass is 35.5. The normalized spacial score (nSPS) is 24.6. The third-order valence-electron chi connectivity index (χ3n) is 3.87. The third-order valence-corrected chi connectivity index (χ3v) is 4.12. The van der Waals surface area contributed by atoms with Crippen molar-refractivity contribution in [3.63, 3.8) is 0 Å². The van der Waals surface area contributed by atoms with Gasteiger partial charge >= 0.3 is 0 Å². The third kappa shape index (κ3) is 3.10. The summed E-state index contributed by atoms with van der Waals surface area (Å²) in [6, 6.07) is 8.16. The highest BCUT2D eigenvalue weighted by Gasteiger charge is 2.25. The Bertz CT molecular complexity index is 374. The van der Waals surface area contributed by atoms with Crippen LogP contribution in [0.5, 0.6) is 0 Å². The quantitative estimate of drug-likeness (QED) is 0.767. The van der Waals surface area contributed by atoms with E-state index in [2.05, 4.69) is 12.1 Å². The van der Waals surface area contributed by atoms with Crippen LogP contribution < -0.4 is 0 Å². The van der Waals surface area contributed by atoms with Crippen molar-refractivity contribution in [2.45, 2.75) is 44.9 Å². The lowest BCUT2D eigenvalue weighted by atomic mass is 9.77. The summed E-state index contributed by atoms with van der Waals surface area (Å²) in [5.41, 5.74) is 1.37. The second kappa shape index (κ2) is 5.68. The van der Waals surface area contributed by atoms with Gasteiger partial charge in [-0.2, -0.15) is 0 Å². The molecule has 1 aliphatic carbocycles. The van der Waals surface area contributed by atoms with Crippen molar-refractivity contribution in [2.24, 2.45) is 5.92 Å². The van der Waals surface area contributed by atoms with Gasteiger partial charge in [-0.05, 0) is 49.3 Å². The smallest absolute Gasteiger partial charge is 0.135 e. The minimum Gasteiger partial charge on any atom is -0.299 e. The summed E-state index contributed by atoms with van der Waals surface area (Å²) in [5, 5.41) is 0.795. The second-order valence-electron chi connectivity index (χ2n) is 4.92. The highest BCUT2D eigenvalue weighted by Crippen LogP contribution is 2.36. The van der Waals surface area contributed by atoms with Gasteiger partial charge in [0, 0.05) is 17.4 Å². The van der Waals surface area contributed by atoms with Gasteiger partial charge in [0.1, 0.15) is 5.78 Å². The number of rotatable bonds is 3. The molecule has 17 heavy (non-hydrogen) atoms. The molecule has 0 unspecified atom stereocenters. The SMILES string of the molecule is CCC(=O)C1CCC(c2ccc(Cl)cc2)CC1. The van der Waals surface area contributed by atoms with Crippen molar-refractivity contribution >= 4 is 17.4 Å². The number of halogens is 1. The van der Waals surface area contributed by atoms with Gasteiger partial charge < -0.3 is 0 Å². The zero-order valence-corrected chi connectivity index (χ0v) is 11.0. The van der Waals surface area contributed by atoms with Crippen LogP contribution in [0.2, 0.25) is 5.02 Å². The maximum atomic E-state index is 11.6. The first-order valence-electron chi connectivity index (χ1n) is 6.49. The van der Waals surface area contributed by atoms with Gasteiger partial charge in [-0.3, -0.25) is 4.79 Å². The molecule has 1 fully saturated rings. The van der Waals surface area contributed by atoms with Crippen molar-refractivity contribution in [3.05, 3.63) is 34.9 Å². The fourth-order valence-corrected chi connectivity index (χ4v) is 2.90. The first-order valence-corrected chi connectivity index (χ1v) is 6.86. The van der Waals surface area contributed by atoms with E-state index >= 15 is 0 Å². The van der Waals surface area contributed by atoms with Crippen molar-refractivity contribution in [1.82, 2.24) is 0 Å². The van der Waals surface area contributed by atoms with E-state index in [9.17, 15) is 4.79 Å². The lowest BCUT2D eigenvalue weighted by molar-refractivity contribution is -0.123. The number of benzene rings is 1. The average molecular weight is 251 g/mol. The monoisotopic (exact) mass is 250 g/mol. The van der Waals surface area contributed by atoms with E-state index in [0.29, 0.717) is 24.0 Å². The molecule has 1 aromatic carbocycles. The molecule has 0 aliphatic heterocycles. The Balaban J connectivity index is 1.95. The molecule has 0 N–H and O–H groups in total. The summed E-state index contributed by atoms with van der Waals surface area (Å²) < 4.78 is 0. The van der Waals surface area contributed by atoms with E-state index in [1.807, 2.05) is 19.1 Å². The summed E-state index contributed by atoms with van der Waals surface area (Å²) >= 11 is 5.89. The Hall–Kier alpha value is -0.820. The highest BCUT2D eigenvalue weighted by molar-refractivity contribution is 6.30. The standard InChI is InChI=1S/C15H19ClO/c1-2-15(17)13-5-3-11(4-6-13)12-7-9-14(16)10-8-12/h7-11,13H,2-6H2,1H3. The topological polar surface area (TPSA) is 17.1 Å². The van der Waals surface area contributed by atoms with E-state index in [4.69, 9.17) is 11.6 Å². The molecule has 92 valence electrons. The lowest BCUT2D eigenvalue weighted by Crippen LogP contribution is -2.20. The Kier molecular flexibility index (Phi) is 4.22. The molecule has 0 heterocycles. The van der Waals surface area contributed by atoms with Gasteiger partial charge in [0.15, 0.2) is 0 Å². The number of carbonyl (C=O) groups excluding carboxylic acids is 1. The van der Waals surface area contributed by atoms with Crippen LogP contribution in [0.4, 0.5) is 0 Å². The van der Waals surface area contributed by atoms with Gasteiger partial charge in [-0.15, -0.1) is 0 Å². The molecule has 1 saturated carbocycles. The van der Waals surface area contributed by atoms with Gasteiger partial charge in [-0.25, -0.2) is 0 Å². The zero-order valence-electron chi connectivity index (χ0n) is 10.3. The summed E-state index contributed by atoms with van der Waals surface area (Å²) in [6.07, 6.45) is 5.08. The van der Waals surface area contributed by atoms with E-state index in [0.717, 1.165) is 30.7 Å². The maximum Gasteiger partial charge on any atom is 0.135 e. The van der Waals surface area contributed by atoms with Gasteiger partial charge in [0.2, 0.25) is 0 Å². The van der Waals surface area contributed by atoms with E-state index in [1.165, 1.54) is 5.56 Å². The van der Waals surface area contributed by atoms with Crippen molar-refractivity contribution in [1.29, 1.82) is 0 Å². The summed E-state index contributed by atoms with van der Waals surface area (Å²) in [5.74, 6) is 1.39. The van der Waals surface area contributed by atoms with Crippen LogP contribution in [0.3, 0.4) is 0 Å². The lowest BCUT2D eigenvalue weighted by Gasteiger charge is -2.27. The van der Waals surface area contributed by atoms with Crippen LogP contribution >= 0.6 is 11.6 Å². The number of hydrogen-bond acceptors (Lipinski definition) is 1. The van der Waals surface area contributed by atoms with E-state index in [1.54, 1.807) is 0 Å². The first-order chi connectivity index (χ1) is 8.20. The summed E-state index contributed by atoms with van der Waals surface area (Å²) in [6.45, 7) is 1.97. The molecule has 2 rings (SSSR count). The predicted molar refractivity (Wildman–Crippen MR) is 71.4 cm³/mol. The fraction of sp³-hybridized carbons (Fsp3) is 0.533. The first kappa shape index (κ1) is 12.6. The Morgan fingerprint density at radius 2 is 1.76 bits per heavy atom. The Morgan fingerprint density at radius 3 is 2.29 bits per heavy atom. The van der Waals surface area contributed by atoms with Crippen molar-refractivity contribution < 1.29 is 4.79 Å². The molecular formula is C15H19ClO. The van der Waals surface area contributed by atoms with Crippen LogP contribution in [0.15, 0.2) is 24.3 Å². The van der Waals surface area contributed by atoms with Crippen LogP contribution in [0.25, 0.3) is 0 Å². The molecule has 2 heteroatoms. The number of Topliss-reactive ketones (excluding diaryl/α,β-unsaturated/α-hetero) is 1. The van der Waals surface area contributed by atoms with E-state index < -0.39 is 0 Å². The number of hydrogen-bond donors (Lipinski definition) is 0. The maximum absolute atomic E-state index is 11.6. The van der Waals surface area contributed by atoms with Gasteiger partial charge in [0.25, 0.3) is 0 Å². The minimum atomic E-state index is 0.323. The van der Waals surface area contributed by atoms with Crippen molar-refractivity contribution in [3.8, 4) is 0 Å². The molecule has 0 bridgehead atoms. The van der Waals surface area contributed by atoms with Crippen LogP contribution in [-0.2, 0) is 4.79 Å². The van der Waals surface area contributed by atoms with Crippen LogP contribution in [-0.4, -0.2) is 5.78 Å². The van der Waals surface area contributed by atoms with Crippen LogP contribution in [0.1, 0.15) is 50.5 Å². The fourth-order valence-electron chi connectivity index (χ4n) is 2.77. The molecule has 0 atom stereocenters. The molecule has 1 aromatic rings. The van der Waals surface area contributed by atoms with Gasteiger partial charge in [0.05, 0.1) is 0 Å². The molecular weight excluding hydrogens is 232 g/mol. The largest absolute Gasteiger partial charge is 0.299 e. The molecule has 0 radical (unpaired) electrons. The predicted octanol–water partition coefficient (Wildman–Crippen LogP) is 4.59. The molecule has 0 aromatic heterocycles. The number of ketones is 1. The summed E-state index contributed by atoms with van der Waals surface area (Å²) in [4.78, 5) is 11.6. The van der Waals surface area contributed by atoms with Crippen molar-refractivity contribution in [2.75, 3.05) is 0 Å². The zero-order chi connectivity index (χ0) is 12.3.